The van der Waals surface area contributed by atoms with Crippen LogP contribution in [0.3, 0.4) is 0 Å². The number of ether oxygens (including phenoxy) is 2. The largest absolute Gasteiger partial charge is 0.493 e. The summed E-state index contributed by atoms with van der Waals surface area (Å²) in [6.45, 7) is 1.89. The third-order valence-corrected chi connectivity index (χ3v) is 6.91. The quantitative estimate of drug-likeness (QED) is 0.273. The number of rotatable bonds is 4. The summed E-state index contributed by atoms with van der Waals surface area (Å²) in [5.41, 5.74) is 1.45. The molecule has 0 radical (unpaired) electrons. The van der Waals surface area contributed by atoms with Gasteiger partial charge in [0, 0.05) is 6.26 Å². The second-order valence-electron chi connectivity index (χ2n) is 7.47. The number of hydrogen-bond acceptors (Lipinski definition) is 9. The molecule has 10 nitrogen and oxygen atoms in total. The van der Waals surface area contributed by atoms with E-state index in [2.05, 4.69) is 9.39 Å². The lowest BCUT2D eigenvalue weighted by Crippen LogP contribution is -2.45. The molecule has 0 unspecified atom stereocenters. The number of halogens is 1. The van der Waals surface area contributed by atoms with Crippen molar-refractivity contribution in [3.63, 3.8) is 0 Å². The predicted octanol–water partition coefficient (Wildman–Crippen LogP) is 3.50. The minimum absolute atomic E-state index is 0.0188. The first-order valence-electron chi connectivity index (χ1n) is 9.85. The lowest BCUT2D eigenvalue weighted by molar-refractivity contribution is -0.114. The number of fused-ring (bicyclic) bond motifs is 1. The Morgan fingerprint density at radius 3 is 2.54 bits per heavy atom. The van der Waals surface area contributed by atoms with Gasteiger partial charge in [-0.25, -0.2) is 18.1 Å². The molecule has 180 valence electrons. The number of amides is 1. The molecule has 2 aliphatic heterocycles. The SMILES string of the molecule is COc1cc(/C=C2/C(=N)N3C(=NC2=O)SN=C3S(C)(=O)=O)cc(Cl)c1OC(=O)c1ccc(C)cc1. The summed E-state index contributed by atoms with van der Waals surface area (Å²) in [4.78, 5) is 30.0. The van der Waals surface area contributed by atoms with E-state index >= 15 is 0 Å². The van der Waals surface area contributed by atoms with Crippen molar-refractivity contribution in [2.45, 2.75) is 6.92 Å². The molecule has 2 aromatic rings. The van der Waals surface area contributed by atoms with Gasteiger partial charge in [-0.15, -0.1) is 0 Å². The fourth-order valence-electron chi connectivity index (χ4n) is 3.17. The van der Waals surface area contributed by atoms with Crippen LogP contribution in [0.1, 0.15) is 21.5 Å². The number of methoxy groups -OCH3 is 1. The monoisotopic (exact) mass is 532 g/mol. The number of carbonyl (C=O) groups is 2. The second-order valence-corrected chi connectivity index (χ2v) is 10.5. The molecule has 0 spiro atoms. The van der Waals surface area contributed by atoms with Crippen molar-refractivity contribution in [1.29, 1.82) is 5.41 Å². The van der Waals surface area contributed by atoms with Crippen LogP contribution in [0.15, 0.2) is 51.4 Å². The van der Waals surface area contributed by atoms with Crippen molar-refractivity contribution in [2.75, 3.05) is 13.4 Å². The third-order valence-electron chi connectivity index (χ3n) is 4.87. The van der Waals surface area contributed by atoms with Crippen LogP contribution in [0, 0.1) is 12.3 Å². The number of aliphatic imine (C=N–C) groups is 1. The highest BCUT2D eigenvalue weighted by molar-refractivity contribution is 8.16. The number of benzene rings is 2. The zero-order valence-corrected chi connectivity index (χ0v) is 20.9. The first-order valence-corrected chi connectivity index (χ1v) is 12.9. The summed E-state index contributed by atoms with van der Waals surface area (Å²) in [6.07, 6.45) is 2.26. The molecule has 2 aliphatic rings. The Morgan fingerprint density at radius 2 is 1.91 bits per heavy atom. The summed E-state index contributed by atoms with van der Waals surface area (Å²) in [5, 5.41) is 8.03. The summed E-state index contributed by atoms with van der Waals surface area (Å²) in [7, 11) is -2.42. The predicted molar refractivity (Wildman–Crippen MR) is 134 cm³/mol. The Hall–Kier alpha value is -3.48. The van der Waals surface area contributed by atoms with Crippen LogP contribution in [0.5, 0.6) is 11.5 Å². The van der Waals surface area contributed by atoms with Crippen LogP contribution < -0.4 is 9.47 Å². The molecule has 2 aromatic carbocycles. The highest BCUT2D eigenvalue weighted by Gasteiger charge is 2.41. The smallest absolute Gasteiger partial charge is 0.343 e. The number of esters is 1. The van der Waals surface area contributed by atoms with E-state index in [0.29, 0.717) is 23.1 Å². The van der Waals surface area contributed by atoms with Gasteiger partial charge in [-0.1, -0.05) is 29.3 Å². The summed E-state index contributed by atoms with van der Waals surface area (Å²) < 4.78 is 38.7. The zero-order valence-electron chi connectivity index (χ0n) is 18.5. The molecule has 0 aromatic heterocycles. The zero-order chi connectivity index (χ0) is 25.5. The van der Waals surface area contributed by atoms with E-state index in [1.54, 1.807) is 24.3 Å². The summed E-state index contributed by atoms with van der Waals surface area (Å²) in [6, 6.07) is 9.66. The first-order chi connectivity index (χ1) is 16.5. The average molecular weight is 533 g/mol. The van der Waals surface area contributed by atoms with Crippen LogP contribution in [0.4, 0.5) is 0 Å². The summed E-state index contributed by atoms with van der Waals surface area (Å²) >= 11 is 7.07. The van der Waals surface area contributed by atoms with Gasteiger partial charge in [-0.3, -0.25) is 10.2 Å². The fourth-order valence-corrected chi connectivity index (χ4v) is 5.27. The van der Waals surface area contributed by atoms with Crippen LogP contribution >= 0.6 is 23.5 Å². The number of nitrogens with one attached hydrogen (secondary N) is 1. The van der Waals surface area contributed by atoms with Gasteiger partial charge in [0.2, 0.25) is 20.2 Å². The van der Waals surface area contributed by atoms with Crippen molar-refractivity contribution in [1.82, 2.24) is 4.90 Å². The Balaban J connectivity index is 1.68. The minimum Gasteiger partial charge on any atom is -0.493 e. The molecule has 4 rings (SSSR count). The molecule has 13 heteroatoms. The van der Waals surface area contributed by atoms with Gasteiger partial charge in [0.1, 0.15) is 5.84 Å². The van der Waals surface area contributed by atoms with E-state index in [0.717, 1.165) is 16.7 Å². The lowest BCUT2D eigenvalue weighted by atomic mass is 10.1. The van der Waals surface area contributed by atoms with Crippen LogP contribution in [-0.2, 0) is 14.6 Å². The molecule has 0 aliphatic carbocycles. The fraction of sp³-hybridized carbons (Fsp3) is 0.136. The first kappa shape index (κ1) is 24.6. The van der Waals surface area contributed by atoms with Crippen LogP contribution in [0.2, 0.25) is 5.02 Å². The van der Waals surface area contributed by atoms with E-state index in [1.807, 2.05) is 6.92 Å². The number of aryl methyl sites for hydroxylation is 1. The van der Waals surface area contributed by atoms with Gasteiger partial charge < -0.3 is 9.47 Å². The van der Waals surface area contributed by atoms with Crippen LogP contribution in [0.25, 0.3) is 6.08 Å². The number of nitrogens with zero attached hydrogens (tertiary/aromatic N) is 3. The number of amidine groups is 3. The Kier molecular flexibility index (Phi) is 6.54. The van der Waals surface area contributed by atoms with Crippen molar-refractivity contribution >= 4 is 67.5 Å². The van der Waals surface area contributed by atoms with Crippen molar-refractivity contribution < 1.29 is 27.5 Å². The van der Waals surface area contributed by atoms with Gasteiger partial charge in [0.05, 0.1) is 35.2 Å². The molecule has 1 amide bonds. The molecule has 0 saturated heterocycles. The maximum Gasteiger partial charge on any atom is 0.343 e. The highest BCUT2D eigenvalue weighted by Crippen LogP contribution is 2.38. The van der Waals surface area contributed by atoms with Gasteiger partial charge in [0.25, 0.3) is 5.91 Å². The Morgan fingerprint density at radius 1 is 1.23 bits per heavy atom. The summed E-state index contributed by atoms with van der Waals surface area (Å²) in [5.74, 6) is -1.70. The van der Waals surface area contributed by atoms with E-state index in [1.165, 1.54) is 25.3 Å². The van der Waals surface area contributed by atoms with Crippen molar-refractivity contribution in [2.24, 2.45) is 9.39 Å². The normalized spacial score (nSPS) is 16.7. The van der Waals surface area contributed by atoms with Crippen molar-refractivity contribution in [3.8, 4) is 11.5 Å². The van der Waals surface area contributed by atoms with E-state index < -0.39 is 32.7 Å². The molecule has 0 saturated carbocycles. The standard InChI is InChI=1S/C22H17ClN4O6S2/c1-11-4-6-13(7-5-11)20(29)33-17-15(23)9-12(10-16(17)32-2)8-14-18(24)27-21(25-19(14)28)34-26-22(27)35(3,30)31/h4-10,24H,1-3H3/b14-8-,24-18?. The van der Waals surface area contributed by atoms with E-state index in [9.17, 15) is 18.0 Å². The van der Waals surface area contributed by atoms with Crippen LogP contribution in [-0.4, -0.2) is 54.7 Å². The third kappa shape index (κ3) is 4.85. The van der Waals surface area contributed by atoms with E-state index in [4.69, 9.17) is 26.5 Å². The molecule has 0 atom stereocenters. The molecule has 1 N–H and O–H groups in total. The molecular weight excluding hydrogens is 516 g/mol. The van der Waals surface area contributed by atoms with Gasteiger partial charge >= 0.3 is 5.97 Å². The molecule has 0 bridgehead atoms. The topological polar surface area (TPSA) is 139 Å². The molecule has 35 heavy (non-hydrogen) atoms. The van der Waals surface area contributed by atoms with Gasteiger partial charge in [0.15, 0.2) is 11.5 Å². The Labute approximate surface area is 209 Å². The van der Waals surface area contributed by atoms with E-state index in [-0.39, 0.29) is 27.3 Å². The number of hydrogen-bond donors (Lipinski definition) is 1. The lowest BCUT2D eigenvalue weighted by Gasteiger charge is -2.23. The van der Waals surface area contributed by atoms with Gasteiger partial charge in [-0.2, -0.15) is 9.39 Å². The molecule has 0 fully saturated rings. The maximum absolute atomic E-state index is 12.6. The minimum atomic E-state index is -3.77. The second kappa shape index (κ2) is 9.29. The number of carbonyl (C=O) groups excluding carboxylic acids is 2. The molecular formula is C22H17ClN4O6S2. The molecule has 2 heterocycles. The van der Waals surface area contributed by atoms with Gasteiger partial charge in [-0.05, 0) is 42.8 Å². The average Bonchev–Trinajstić information content (AvgIpc) is 3.23. The Bertz CT molecular complexity index is 1480. The highest BCUT2D eigenvalue weighted by atomic mass is 35.5. The maximum atomic E-state index is 12.6. The number of sulfone groups is 1. The van der Waals surface area contributed by atoms with Crippen molar-refractivity contribution in [3.05, 3.63) is 63.7 Å².